The Balaban J connectivity index is 1.40. The summed E-state index contributed by atoms with van der Waals surface area (Å²) in [6, 6.07) is 13.4. The fourth-order valence-corrected chi connectivity index (χ4v) is 5.05. The van der Waals surface area contributed by atoms with Crippen LogP contribution in [0.25, 0.3) is 0 Å². The first-order chi connectivity index (χ1) is 15.9. The molecule has 3 aromatic rings. The van der Waals surface area contributed by atoms with E-state index in [1.165, 1.54) is 0 Å². The normalized spacial score (nSPS) is 20.1. The average molecular weight is 508 g/mol. The summed E-state index contributed by atoms with van der Waals surface area (Å²) in [7, 11) is 0. The molecule has 1 aromatic heterocycles. The monoisotopic (exact) mass is 507 g/mol. The van der Waals surface area contributed by atoms with Crippen LogP contribution in [0.4, 0.5) is 4.79 Å². The lowest BCUT2D eigenvalue weighted by atomic mass is 10.1. The van der Waals surface area contributed by atoms with Crippen molar-refractivity contribution in [3.63, 3.8) is 0 Å². The van der Waals surface area contributed by atoms with E-state index in [2.05, 4.69) is 10.3 Å². The van der Waals surface area contributed by atoms with Crippen LogP contribution >= 0.6 is 35.0 Å². The number of nitrogens with one attached hydrogen (secondary N) is 1. The number of imidazole rings is 1. The van der Waals surface area contributed by atoms with Gasteiger partial charge in [-0.05, 0) is 36.2 Å². The quantitative estimate of drug-likeness (QED) is 0.393. The van der Waals surface area contributed by atoms with Crippen LogP contribution in [0.3, 0.4) is 0 Å². The van der Waals surface area contributed by atoms with Gasteiger partial charge in [-0.3, -0.25) is 0 Å². The van der Waals surface area contributed by atoms with Gasteiger partial charge in [0, 0.05) is 40.2 Å². The van der Waals surface area contributed by atoms with Crippen LogP contribution in [0.1, 0.15) is 11.1 Å². The number of hydrogen-bond donors (Lipinski definition) is 2. The number of ether oxygens (including phenoxy) is 2. The Bertz CT molecular complexity index is 1080. The molecule has 0 spiro atoms. The maximum absolute atomic E-state index is 10.6. The van der Waals surface area contributed by atoms with Crippen LogP contribution in [0.5, 0.6) is 0 Å². The molecular weight excluding hydrogens is 485 g/mol. The van der Waals surface area contributed by atoms with Gasteiger partial charge in [-0.25, -0.2) is 9.78 Å². The molecule has 1 amide bonds. The largest absolute Gasteiger partial charge is 0.465 e. The van der Waals surface area contributed by atoms with Crippen LogP contribution in [-0.4, -0.2) is 45.8 Å². The van der Waals surface area contributed by atoms with Crippen LogP contribution in [0, 0.1) is 0 Å². The smallest absolute Gasteiger partial charge is 0.404 e. The van der Waals surface area contributed by atoms with Crippen molar-refractivity contribution in [2.75, 3.05) is 18.9 Å². The van der Waals surface area contributed by atoms with E-state index >= 15 is 0 Å². The number of thioether (sulfide) groups is 1. The van der Waals surface area contributed by atoms with Crippen molar-refractivity contribution in [2.24, 2.45) is 0 Å². The number of carbonyl (C=O) groups is 1. The topological polar surface area (TPSA) is 85.6 Å². The molecule has 2 atom stereocenters. The Hall–Kier alpha value is -2.23. The second-order valence-electron chi connectivity index (χ2n) is 7.60. The number of halogens is 2. The van der Waals surface area contributed by atoms with Gasteiger partial charge in [0.2, 0.25) is 5.79 Å². The molecule has 2 aromatic carbocycles. The van der Waals surface area contributed by atoms with E-state index in [0.29, 0.717) is 41.9 Å². The molecule has 0 bridgehead atoms. The number of aromatic nitrogens is 2. The van der Waals surface area contributed by atoms with Gasteiger partial charge >= 0.3 is 6.09 Å². The first kappa shape index (κ1) is 23.9. The fourth-order valence-electron chi connectivity index (χ4n) is 3.63. The molecule has 2 N–H and O–H groups in total. The molecule has 0 saturated carbocycles. The number of carboxylic acid groups (broad SMARTS) is 1. The van der Waals surface area contributed by atoms with Crippen molar-refractivity contribution in [2.45, 2.75) is 29.8 Å². The molecule has 0 aliphatic carbocycles. The standard InChI is InChI=1S/C23H23Cl2N3O4S/c24-17-3-6-20(21(25)11-17)23(14-28-10-9-26-15-28)31-12-18(32-23)13-33-19-4-1-16(2-5-19)7-8-27-22(29)30/h1-6,9-11,15,18,27H,7-8,12-14H2,(H,29,30). The summed E-state index contributed by atoms with van der Waals surface area (Å²) in [5.41, 5.74) is 1.80. The Morgan fingerprint density at radius 2 is 2.09 bits per heavy atom. The van der Waals surface area contributed by atoms with Gasteiger partial charge in [0.05, 0.1) is 30.6 Å². The van der Waals surface area contributed by atoms with Crippen molar-refractivity contribution < 1.29 is 19.4 Å². The van der Waals surface area contributed by atoms with Crippen LogP contribution in [0.2, 0.25) is 10.0 Å². The Kier molecular flexibility index (Phi) is 7.82. The van der Waals surface area contributed by atoms with Crippen LogP contribution in [0.15, 0.2) is 66.1 Å². The second kappa shape index (κ2) is 10.8. The zero-order chi connectivity index (χ0) is 23.3. The summed E-state index contributed by atoms with van der Waals surface area (Å²) in [5.74, 6) is -0.328. The maximum Gasteiger partial charge on any atom is 0.404 e. The minimum Gasteiger partial charge on any atom is -0.465 e. The average Bonchev–Trinajstić information content (AvgIpc) is 3.44. The number of amides is 1. The lowest BCUT2D eigenvalue weighted by Gasteiger charge is -2.30. The van der Waals surface area contributed by atoms with Gasteiger partial charge in [-0.15, -0.1) is 11.8 Å². The Labute approximate surface area is 206 Å². The van der Waals surface area contributed by atoms with E-state index in [1.54, 1.807) is 36.4 Å². The number of hydrogen-bond acceptors (Lipinski definition) is 5. The van der Waals surface area contributed by atoms with Gasteiger partial charge in [0.15, 0.2) is 0 Å². The molecule has 33 heavy (non-hydrogen) atoms. The first-order valence-corrected chi connectivity index (χ1v) is 12.1. The molecule has 1 saturated heterocycles. The minimum atomic E-state index is -1.03. The maximum atomic E-state index is 10.6. The van der Waals surface area contributed by atoms with Crippen LogP contribution < -0.4 is 5.32 Å². The molecule has 174 valence electrons. The predicted octanol–water partition coefficient (Wildman–Crippen LogP) is 5.06. The summed E-state index contributed by atoms with van der Waals surface area (Å²) in [6.07, 6.45) is 4.78. The van der Waals surface area contributed by atoms with Gasteiger partial charge in [-0.2, -0.15) is 0 Å². The van der Waals surface area contributed by atoms with E-state index in [1.807, 2.05) is 41.1 Å². The number of benzene rings is 2. The summed E-state index contributed by atoms with van der Waals surface area (Å²) in [6.45, 7) is 1.23. The number of rotatable bonds is 9. The van der Waals surface area contributed by atoms with Crippen molar-refractivity contribution in [3.8, 4) is 0 Å². The zero-order valence-corrected chi connectivity index (χ0v) is 19.9. The highest BCUT2D eigenvalue weighted by Crippen LogP contribution is 2.41. The van der Waals surface area contributed by atoms with Crippen molar-refractivity contribution >= 4 is 41.1 Å². The summed E-state index contributed by atoms with van der Waals surface area (Å²) >= 11 is 14.3. The molecule has 1 fully saturated rings. The van der Waals surface area contributed by atoms with Crippen LogP contribution in [-0.2, 0) is 28.2 Å². The van der Waals surface area contributed by atoms with E-state index in [9.17, 15) is 4.79 Å². The lowest BCUT2D eigenvalue weighted by Crippen LogP contribution is -2.34. The summed E-state index contributed by atoms with van der Waals surface area (Å²) in [5, 5.41) is 12.1. The van der Waals surface area contributed by atoms with Gasteiger partial charge in [0.1, 0.15) is 0 Å². The predicted molar refractivity (Wildman–Crippen MR) is 128 cm³/mol. The van der Waals surface area contributed by atoms with Gasteiger partial charge in [-0.1, -0.05) is 41.4 Å². The lowest BCUT2D eigenvalue weighted by molar-refractivity contribution is -0.184. The molecule has 1 aliphatic heterocycles. The Morgan fingerprint density at radius 3 is 2.79 bits per heavy atom. The summed E-state index contributed by atoms with van der Waals surface area (Å²) < 4.78 is 14.6. The second-order valence-corrected chi connectivity index (χ2v) is 9.54. The van der Waals surface area contributed by atoms with Crippen molar-refractivity contribution in [1.29, 1.82) is 0 Å². The molecular formula is C23H23Cl2N3O4S. The molecule has 2 unspecified atom stereocenters. The SMILES string of the molecule is O=C(O)NCCc1ccc(SCC2COC(Cn3ccnc3)(c3ccc(Cl)cc3Cl)O2)cc1. The minimum absolute atomic E-state index is 0.135. The third-order valence-corrected chi connectivity index (χ3v) is 6.89. The highest BCUT2D eigenvalue weighted by molar-refractivity contribution is 7.99. The number of nitrogens with zero attached hydrogens (tertiary/aromatic N) is 2. The molecule has 1 aliphatic rings. The zero-order valence-electron chi connectivity index (χ0n) is 17.6. The molecule has 10 heteroatoms. The summed E-state index contributed by atoms with van der Waals surface area (Å²) in [4.78, 5) is 15.8. The third-order valence-electron chi connectivity index (χ3n) is 5.20. The molecule has 2 heterocycles. The van der Waals surface area contributed by atoms with Crippen molar-refractivity contribution in [1.82, 2.24) is 14.9 Å². The van der Waals surface area contributed by atoms with Crippen molar-refractivity contribution in [3.05, 3.63) is 82.4 Å². The molecule has 0 radical (unpaired) electrons. The molecule has 4 rings (SSSR count). The fraction of sp³-hybridized carbons (Fsp3) is 0.304. The third kappa shape index (κ3) is 6.22. The van der Waals surface area contributed by atoms with Gasteiger partial charge < -0.3 is 24.5 Å². The van der Waals surface area contributed by atoms with E-state index in [4.69, 9.17) is 37.8 Å². The van der Waals surface area contributed by atoms with E-state index < -0.39 is 11.9 Å². The van der Waals surface area contributed by atoms with Gasteiger partial charge in [0.25, 0.3) is 0 Å². The van der Waals surface area contributed by atoms with E-state index in [-0.39, 0.29) is 6.10 Å². The van der Waals surface area contributed by atoms with E-state index in [0.717, 1.165) is 16.0 Å². The first-order valence-electron chi connectivity index (χ1n) is 10.4. The Morgan fingerprint density at radius 1 is 1.27 bits per heavy atom. The highest BCUT2D eigenvalue weighted by Gasteiger charge is 2.45. The molecule has 7 nitrogen and oxygen atoms in total. The highest BCUT2D eigenvalue weighted by atomic mass is 35.5.